The van der Waals surface area contributed by atoms with Crippen LogP contribution >= 0.6 is 0 Å². The predicted molar refractivity (Wildman–Crippen MR) is 84.1 cm³/mol. The van der Waals surface area contributed by atoms with Gasteiger partial charge in [-0.15, -0.1) is 0 Å². The SMILES string of the molecule is Cc1ccc(CNC(=O)c2cnc3ccccc3c2)cc1. The molecule has 0 spiro atoms. The van der Waals surface area contributed by atoms with E-state index >= 15 is 0 Å². The van der Waals surface area contributed by atoms with Crippen molar-refractivity contribution < 1.29 is 4.79 Å². The molecule has 0 saturated heterocycles. The van der Waals surface area contributed by atoms with Gasteiger partial charge in [-0.25, -0.2) is 0 Å². The van der Waals surface area contributed by atoms with Crippen LogP contribution in [-0.2, 0) is 6.54 Å². The van der Waals surface area contributed by atoms with E-state index in [1.165, 1.54) is 5.56 Å². The molecule has 3 nitrogen and oxygen atoms in total. The molecule has 0 atom stereocenters. The minimum absolute atomic E-state index is 0.103. The van der Waals surface area contributed by atoms with Crippen molar-refractivity contribution in [2.45, 2.75) is 13.5 Å². The number of benzene rings is 2. The molecule has 0 bridgehead atoms. The molecule has 3 aromatic rings. The van der Waals surface area contributed by atoms with Crippen LogP contribution in [0.15, 0.2) is 60.8 Å². The van der Waals surface area contributed by atoms with Gasteiger partial charge in [-0.05, 0) is 24.6 Å². The average molecular weight is 276 g/mol. The third-order valence-electron chi connectivity index (χ3n) is 3.43. The molecule has 0 fully saturated rings. The Kier molecular flexibility index (Phi) is 3.65. The van der Waals surface area contributed by atoms with Crippen molar-refractivity contribution in [1.82, 2.24) is 10.3 Å². The van der Waals surface area contributed by atoms with Gasteiger partial charge < -0.3 is 5.32 Å². The molecule has 1 aromatic heterocycles. The van der Waals surface area contributed by atoms with E-state index in [1.807, 2.05) is 61.5 Å². The van der Waals surface area contributed by atoms with Gasteiger partial charge in [0.25, 0.3) is 5.91 Å². The molecule has 1 amide bonds. The molecule has 0 aliphatic rings. The van der Waals surface area contributed by atoms with Gasteiger partial charge in [0, 0.05) is 18.1 Å². The van der Waals surface area contributed by atoms with Gasteiger partial charge in [-0.3, -0.25) is 9.78 Å². The summed E-state index contributed by atoms with van der Waals surface area (Å²) >= 11 is 0. The zero-order valence-corrected chi connectivity index (χ0v) is 11.8. The molecular weight excluding hydrogens is 260 g/mol. The van der Waals surface area contributed by atoms with Crippen molar-refractivity contribution in [2.24, 2.45) is 0 Å². The third-order valence-corrected chi connectivity index (χ3v) is 3.43. The number of aryl methyl sites for hydroxylation is 1. The van der Waals surface area contributed by atoms with Gasteiger partial charge in [-0.1, -0.05) is 48.0 Å². The van der Waals surface area contributed by atoms with Crippen LogP contribution in [0.3, 0.4) is 0 Å². The van der Waals surface area contributed by atoms with E-state index in [9.17, 15) is 4.79 Å². The number of nitrogens with zero attached hydrogens (tertiary/aromatic N) is 1. The molecule has 21 heavy (non-hydrogen) atoms. The van der Waals surface area contributed by atoms with Gasteiger partial charge in [0.2, 0.25) is 0 Å². The van der Waals surface area contributed by atoms with E-state index in [0.29, 0.717) is 12.1 Å². The summed E-state index contributed by atoms with van der Waals surface area (Å²) in [5, 5.41) is 3.89. The summed E-state index contributed by atoms with van der Waals surface area (Å²) < 4.78 is 0. The first-order chi connectivity index (χ1) is 10.2. The number of nitrogens with one attached hydrogen (secondary N) is 1. The van der Waals surface area contributed by atoms with E-state index in [1.54, 1.807) is 6.20 Å². The molecule has 0 unspecified atom stereocenters. The Bertz CT molecular complexity index is 779. The van der Waals surface area contributed by atoms with Gasteiger partial charge in [0.05, 0.1) is 11.1 Å². The van der Waals surface area contributed by atoms with Crippen LogP contribution in [0.2, 0.25) is 0 Å². The number of amides is 1. The molecule has 1 N–H and O–H groups in total. The molecule has 3 heteroatoms. The largest absolute Gasteiger partial charge is 0.348 e. The second kappa shape index (κ2) is 5.75. The zero-order chi connectivity index (χ0) is 14.7. The molecule has 0 aliphatic heterocycles. The summed E-state index contributed by atoms with van der Waals surface area (Å²) in [6.45, 7) is 2.56. The van der Waals surface area contributed by atoms with Crippen LogP contribution in [0.5, 0.6) is 0 Å². The van der Waals surface area contributed by atoms with Crippen LogP contribution in [0, 0.1) is 6.92 Å². The van der Waals surface area contributed by atoms with Crippen LogP contribution < -0.4 is 5.32 Å². The summed E-state index contributed by atoms with van der Waals surface area (Å²) in [6.07, 6.45) is 1.62. The minimum Gasteiger partial charge on any atom is -0.348 e. The summed E-state index contributed by atoms with van der Waals surface area (Å²) in [4.78, 5) is 16.5. The topological polar surface area (TPSA) is 42.0 Å². The molecule has 0 aliphatic carbocycles. The standard InChI is InChI=1S/C18H16N2O/c1-13-6-8-14(9-7-13)11-20-18(21)16-10-15-4-2-3-5-17(15)19-12-16/h2-10,12H,11H2,1H3,(H,20,21). The van der Waals surface area contributed by atoms with Crippen LogP contribution in [0.1, 0.15) is 21.5 Å². The fourth-order valence-electron chi connectivity index (χ4n) is 2.19. The van der Waals surface area contributed by atoms with Crippen molar-refractivity contribution >= 4 is 16.8 Å². The van der Waals surface area contributed by atoms with E-state index < -0.39 is 0 Å². The summed E-state index contributed by atoms with van der Waals surface area (Å²) in [5.41, 5.74) is 3.78. The molecular formula is C18H16N2O. The maximum absolute atomic E-state index is 12.2. The Labute approximate surface area is 123 Å². The lowest BCUT2D eigenvalue weighted by Gasteiger charge is -2.06. The Morgan fingerprint density at radius 3 is 2.67 bits per heavy atom. The number of hydrogen-bond donors (Lipinski definition) is 1. The highest BCUT2D eigenvalue weighted by Crippen LogP contribution is 2.12. The van der Waals surface area contributed by atoms with Crippen molar-refractivity contribution in [3.63, 3.8) is 0 Å². The number of pyridine rings is 1. The van der Waals surface area contributed by atoms with Gasteiger partial charge in [0.15, 0.2) is 0 Å². The lowest BCUT2D eigenvalue weighted by Crippen LogP contribution is -2.22. The van der Waals surface area contributed by atoms with Crippen LogP contribution in [0.25, 0.3) is 10.9 Å². The number of fused-ring (bicyclic) bond motifs is 1. The first-order valence-corrected chi connectivity index (χ1v) is 6.91. The normalized spacial score (nSPS) is 10.5. The Hall–Kier alpha value is -2.68. The fourth-order valence-corrected chi connectivity index (χ4v) is 2.19. The maximum Gasteiger partial charge on any atom is 0.253 e. The molecule has 1 heterocycles. The molecule has 3 rings (SSSR count). The number of para-hydroxylation sites is 1. The van der Waals surface area contributed by atoms with Crippen molar-refractivity contribution in [2.75, 3.05) is 0 Å². The maximum atomic E-state index is 12.2. The highest BCUT2D eigenvalue weighted by atomic mass is 16.1. The average Bonchev–Trinajstić information content (AvgIpc) is 2.53. The van der Waals surface area contributed by atoms with E-state index in [-0.39, 0.29) is 5.91 Å². The van der Waals surface area contributed by atoms with Crippen molar-refractivity contribution in [3.8, 4) is 0 Å². The number of carbonyl (C=O) groups is 1. The first kappa shape index (κ1) is 13.3. The zero-order valence-electron chi connectivity index (χ0n) is 11.8. The highest BCUT2D eigenvalue weighted by molar-refractivity contribution is 5.97. The highest BCUT2D eigenvalue weighted by Gasteiger charge is 2.06. The van der Waals surface area contributed by atoms with E-state index in [0.717, 1.165) is 16.5 Å². The summed E-state index contributed by atoms with van der Waals surface area (Å²) in [5.74, 6) is -0.103. The number of aromatic nitrogens is 1. The Morgan fingerprint density at radius 2 is 1.86 bits per heavy atom. The lowest BCUT2D eigenvalue weighted by atomic mass is 10.1. The fraction of sp³-hybridized carbons (Fsp3) is 0.111. The van der Waals surface area contributed by atoms with Gasteiger partial charge in [-0.2, -0.15) is 0 Å². The molecule has 104 valence electrons. The second-order valence-corrected chi connectivity index (χ2v) is 5.08. The van der Waals surface area contributed by atoms with Crippen LogP contribution in [0.4, 0.5) is 0 Å². The quantitative estimate of drug-likeness (QED) is 0.796. The molecule has 0 radical (unpaired) electrons. The van der Waals surface area contributed by atoms with Gasteiger partial charge >= 0.3 is 0 Å². The smallest absolute Gasteiger partial charge is 0.253 e. The minimum atomic E-state index is -0.103. The van der Waals surface area contributed by atoms with E-state index in [4.69, 9.17) is 0 Å². The third kappa shape index (κ3) is 3.08. The lowest BCUT2D eigenvalue weighted by molar-refractivity contribution is 0.0950. The van der Waals surface area contributed by atoms with Crippen molar-refractivity contribution in [1.29, 1.82) is 0 Å². The Morgan fingerprint density at radius 1 is 1.10 bits per heavy atom. The summed E-state index contributed by atoms with van der Waals surface area (Å²) in [6, 6.07) is 17.8. The Balaban J connectivity index is 1.73. The predicted octanol–water partition coefficient (Wildman–Crippen LogP) is 3.47. The first-order valence-electron chi connectivity index (χ1n) is 6.91. The second-order valence-electron chi connectivity index (χ2n) is 5.08. The number of hydrogen-bond acceptors (Lipinski definition) is 2. The van der Waals surface area contributed by atoms with Crippen molar-refractivity contribution in [3.05, 3.63) is 77.5 Å². The van der Waals surface area contributed by atoms with E-state index in [2.05, 4.69) is 10.3 Å². The monoisotopic (exact) mass is 276 g/mol. The summed E-state index contributed by atoms with van der Waals surface area (Å²) in [7, 11) is 0. The van der Waals surface area contributed by atoms with Gasteiger partial charge in [0.1, 0.15) is 0 Å². The molecule has 0 saturated carbocycles. The number of carbonyl (C=O) groups excluding carboxylic acids is 1. The van der Waals surface area contributed by atoms with Crippen LogP contribution in [-0.4, -0.2) is 10.9 Å². The number of rotatable bonds is 3. The molecule has 2 aromatic carbocycles.